The summed E-state index contributed by atoms with van der Waals surface area (Å²) in [5, 5.41) is 7.32. The number of guanidine groups is 1. The van der Waals surface area contributed by atoms with Gasteiger partial charge in [0.1, 0.15) is 0 Å². The molecule has 2 heterocycles. The number of hydrogen-bond donors (Lipinski definition) is 1. The third-order valence-corrected chi connectivity index (χ3v) is 3.59. The number of nitrogens with one attached hydrogen (secondary N) is 1. The summed E-state index contributed by atoms with van der Waals surface area (Å²) < 4.78 is 10.5. The van der Waals surface area contributed by atoms with Crippen molar-refractivity contribution in [3.63, 3.8) is 0 Å². The standard InChI is InChI=1S/C14H24N4O2.HI/c1-4-12-7-13(20-17-12)8-16-14(15-2)18-6-5-11(9-18)10-19-3;/h7,11H,4-6,8-10H2,1-3H3,(H,15,16);1H. The first kappa shape index (κ1) is 18.2. The van der Waals surface area contributed by atoms with Gasteiger partial charge in [0.15, 0.2) is 11.7 Å². The van der Waals surface area contributed by atoms with Gasteiger partial charge in [0, 0.05) is 39.2 Å². The summed E-state index contributed by atoms with van der Waals surface area (Å²) in [6.45, 7) is 5.50. The number of aliphatic imine (C=N–C) groups is 1. The lowest BCUT2D eigenvalue weighted by Crippen LogP contribution is -2.39. The largest absolute Gasteiger partial charge is 0.384 e. The molecular weight excluding hydrogens is 383 g/mol. The van der Waals surface area contributed by atoms with Crippen LogP contribution in [-0.2, 0) is 17.7 Å². The average molecular weight is 408 g/mol. The third-order valence-electron chi connectivity index (χ3n) is 3.59. The molecule has 1 aromatic heterocycles. The van der Waals surface area contributed by atoms with Crippen LogP contribution in [0.15, 0.2) is 15.6 Å². The number of nitrogens with zero attached hydrogens (tertiary/aromatic N) is 3. The van der Waals surface area contributed by atoms with Crippen LogP contribution in [-0.4, -0.2) is 49.9 Å². The van der Waals surface area contributed by atoms with Crippen LogP contribution >= 0.6 is 24.0 Å². The molecular formula is C14H25IN4O2. The maximum absolute atomic E-state index is 5.27. The highest BCUT2D eigenvalue weighted by Crippen LogP contribution is 2.16. The molecule has 120 valence electrons. The minimum atomic E-state index is 0. The number of halogens is 1. The summed E-state index contributed by atoms with van der Waals surface area (Å²) in [7, 11) is 3.56. The first-order chi connectivity index (χ1) is 9.76. The van der Waals surface area contributed by atoms with Crippen LogP contribution in [0, 0.1) is 5.92 Å². The molecule has 1 N–H and O–H groups in total. The van der Waals surface area contributed by atoms with Crippen LogP contribution in [0.25, 0.3) is 0 Å². The molecule has 1 atom stereocenters. The Bertz CT molecular complexity index is 450. The Kier molecular flexibility index (Phi) is 8.02. The fourth-order valence-corrected chi connectivity index (χ4v) is 2.50. The van der Waals surface area contributed by atoms with E-state index in [4.69, 9.17) is 9.26 Å². The van der Waals surface area contributed by atoms with Gasteiger partial charge < -0.3 is 19.5 Å². The molecule has 0 radical (unpaired) electrons. The van der Waals surface area contributed by atoms with Gasteiger partial charge in [-0.3, -0.25) is 4.99 Å². The van der Waals surface area contributed by atoms with E-state index in [0.29, 0.717) is 12.5 Å². The summed E-state index contributed by atoms with van der Waals surface area (Å²) >= 11 is 0. The Morgan fingerprint density at radius 3 is 3.05 bits per heavy atom. The molecule has 6 nitrogen and oxygen atoms in total. The molecule has 0 aromatic carbocycles. The second kappa shape index (κ2) is 9.24. The van der Waals surface area contributed by atoms with E-state index in [-0.39, 0.29) is 24.0 Å². The topological polar surface area (TPSA) is 62.9 Å². The zero-order chi connectivity index (χ0) is 14.4. The molecule has 1 aliphatic rings. The maximum atomic E-state index is 5.27. The second-order valence-corrected chi connectivity index (χ2v) is 5.09. The van der Waals surface area contributed by atoms with Crippen molar-refractivity contribution in [2.24, 2.45) is 10.9 Å². The van der Waals surface area contributed by atoms with Crippen LogP contribution in [0.1, 0.15) is 24.8 Å². The molecule has 0 amide bonds. The van der Waals surface area contributed by atoms with Crippen molar-refractivity contribution in [3.8, 4) is 0 Å². The van der Waals surface area contributed by atoms with Crippen LogP contribution in [0.3, 0.4) is 0 Å². The van der Waals surface area contributed by atoms with Gasteiger partial charge >= 0.3 is 0 Å². The highest BCUT2D eigenvalue weighted by atomic mass is 127. The molecule has 1 saturated heterocycles. The van der Waals surface area contributed by atoms with Gasteiger partial charge in [0.05, 0.1) is 18.8 Å². The Balaban J connectivity index is 0.00000220. The van der Waals surface area contributed by atoms with E-state index in [1.807, 2.05) is 13.1 Å². The zero-order valence-electron chi connectivity index (χ0n) is 13.0. The summed E-state index contributed by atoms with van der Waals surface area (Å²) in [6, 6.07) is 1.98. The predicted octanol–water partition coefficient (Wildman–Crippen LogP) is 1.90. The fourth-order valence-electron chi connectivity index (χ4n) is 2.50. The number of hydrogen-bond acceptors (Lipinski definition) is 4. The number of rotatable bonds is 5. The summed E-state index contributed by atoms with van der Waals surface area (Å²) in [5.41, 5.74) is 0.984. The first-order valence-corrected chi connectivity index (χ1v) is 7.15. The van der Waals surface area contributed by atoms with E-state index in [9.17, 15) is 0 Å². The lowest BCUT2D eigenvalue weighted by atomic mass is 10.1. The molecule has 0 aliphatic carbocycles. The Hall–Kier alpha value is -0.830. The van der Waals surface area contributed by atoms with Crippen LogP contribution < -0.4 is 5.32 Å². The number of ether oxygens (including phenoxy) is 1. The van der Waals surface area contributed by atoms with Crippen molar-refractivity contribution in [1.82, 2.24) is 15.4 Å². The smallest absolute Gasteiger partial charge is 0.194 e. The van der Waals surface area contributed by atoms with E-state index in [1.54, 1.807) is 7.11 Å². The van der Waals surface area contributed by atoms with Crippen molar-refractivity contribution < 1.29 is 9.26 Å². The van der Waals surface area contributed by atoms with Crippen molar-refractivity contribution in [1.29, 1.82) is 0 Å². The molecule has 0 saturated carbocycles. The van der Waals surface area contributed by atoms with Crippen molar-refractivity contribution >= 4 is 29.9 Å². The molecule has 21 heavy (non-hydrogen) atoms. The average Bonchev–Trinajstić information content (AvgIpc) is 3.09. The van der Waals surface area contributed by atoms with Gasteiger partial charge in [0.2, 0.25) is 0 Å². The third kappa shape index (κ3) is 5.14. The van der Waals surface area contributed by atoms with Gasteiger partial charge in [-0.15, -0.1) is 24.0 Å². The zero-order valence-corrected chi connectivity index (χ0v) is 15.3. The molecule has 1 aliphatic heterocycles. The van der Waals surface area contributed by atoms with Crippen molar-refractivity contribution in [2.45, 2.75) is 26.3 Å². The van der Waals surface area contributed by atoms with Gasteiger partial charge in [-0.25, -0.2) is 0 Å². The first-order valence-electron chi connectivity index (χ1n) is 7.15. The van der Waals surface area contributed by atoms with Gasteiger partial charge in [-0.1, -0.05) is 12.1 Å². The highest BCUT2D eigenvalue weighted by molar-refractivity contribution is 14.0. The number of methoxy groups -OCH3 is 1. The Morgan fingerprint density at radius 1 is 1.62 bits per heavy atom. The number of likely N-dealkylation sites (tertiary alicyclic amines) is 1. The molecule has 7 heteroatoms. The fraction of sp³-hybridized carbons (Fsp3) is 0.714. The lowest BCUT2D eigenvalue weighted by Gasteiger charge is -2.21. The summed E-state index contributed by atoms with van der Waals surface area (Å²) in [4.78, 5) is 6.60. The Labute approximate surface area is 143 Å². The monoisotopic (exact) mass is 408 g/mol. The normalized spacial score (nSPS) is 18.7. The van der Waals surface area contributed by atoms with Crippen LogP contribution in [0.4, 0.5) is 0 Å². The molecule has 1 unspecified atom stereocenters. The number of aryl methyl sites for hydroxylation is 1. The van der Waals surface area contributed by atoms with Gasteiger partial charge in [0.25, 0.3) is 0 Å². The predicted molar refractivity (Wildman–Crippen MR) is 93.1 cm³/mol. The van der Waals surface area contributed by atoms with Crippen molar-refractivity contribution in [2.75, 3.05) is 33.9 Å². The molecule has 1 aromatic rings. The van der Waals surface area contributed by atoms with Crippen LogP contribution in [0.2, 0.25) is 0 Å². The van der Waals surface area contributed by atoms with Crippen LogP contribution in [0.5, 0.6) is 0 Å². The van der Waals surface area contributed by atoms with E-state index in [2.05, 4.69) is 27.3 Å². The van der Waals surface area contributed by atoms with E-state index in [1.165, 1.54) is 0 Å². The summed E-state index contributed by atoms with van der Waals surface area (Å²) in [5.74, 6) is 2.35. The maximum Gasteiger partial charge on any atom is 0.194 e. The molecule has 1 fully saturated rings. The van der Waals surface area contributed by atoms with Gasteiger partial charge in [-0.05, 0) is 12.8 Å². The second-order valence-electron chi connectivity index (χ2n) is 5.09. The summed E-state index contributed by atoms with van der Waals surface area (Å²) in [6.07, 6.45) is 2.04. The highest BCUT2D eigenvalue weighted by Gasteiger charge is 2.24. The molecule has 2 rings (SSSR count). The SMILES string of the molecule is CCc1cc(CNC(=NC)N2CCC(COC)C2)on1.I. The number of aromatic nitrogens is 1. The van der Waals surface area contributed by atoms with Crippen molar-refractivity contribution in [3.05, 3.63) is 17.5 Å². The minimum absolute atomic E-state index is 0. The lowest BCUT2D eigenvalue weighted by molar-refractivity contribution is 0.157. The van der Waals surface area contributed by atoms with E-state index < -0.39 is 0 Å². The Morgan fingerprint density at radius 2 is 2.43 bits per heavy atom. The van der Waals surface area contributed by atoms with Gasteiger partial charge in [-0.2, -0.15) is 0 Å². The van der Waals surface area contributed by atoms with E-state index in [0.717, 1.165) is 50.0 Å². The molecule has 0 spiro atoms. The van der Waals surface area contributed by atoms with E-state index >= 15 is 0 Å². The quantitative estimate of drug-likeness (QED) is 0.458. The molecule has 0 bridgehead atoms. The minimum Gasteiger partial charge on any atom is -0.384 e.